The van der Waals surface area contributed by atoms with Gasteiger partial charge in [-0.1, -0.05) is 39.0 Å². The molecule has 0 bridgehead atoms. The van der Waals surface area contributed by atoms with E-state index in [2.05, 4.69) is 12.2 Å². The highest BCUT2D eigenvalue weighted by molar-refractivity contribution is 5.81. The van der Waals surface area contributed by atoms with Crippen LogP contribution in [0.5, 0.6) is 0 Å². The van der Waals surface area contributed by atoms with Crippen LogP contribution in [0.25, 0.3) is 0 Å². The molecule has 0 aliphatic heterocycles. The summed E-state index contributed by atoms with van der Waals surface area (Å²) in [6, 6.07) is -0.805. The molecule has 1 amide bonds. The van der Waals surface area contributed by atoms with Crippen LogP contribution < -0.4 is 11.1 Å². The van der Waals surface area contributed by atoms with Crippen LogP contribution in [-0.2, 0) is 4.79 Å². The second-order valence-corrected chi connectivity index (χ2v) is 4.33. The summed E-state index contributed by atoms with van der Waals surface area (Å²) in [5.74, 6) is -0.261. The maximum Gasteiger partial charge on any atom is 0.239 e. The van der Waals surface area contributed by atoms with Crippen molar-refractivity contribution in [2.75, 3.05) is 6.54 Å². The number of unbranched alkanes of at least 4 members (excludes halogenated alkanes) is 5. The fourth-order valence-electron chi connectivity index (χ4n) is 1.45. The van der Waals surface area contributed by atoms with Gasteiger partial charge in [-0.05, 0) is 13.3 Å². The minimum absolute atomic E-state index is 0.261. The molecule has 96 valence electrons. The molecule has 0 rings (SSSR count). The van der Waals surface area contributed by atoms with Crippen molar-refractivity contribution in [3.63, 3.8) is 0 Å². The molecule has 0 heterocycles. The van der Waals surface area contributed by atoms with Gasteiger partial charge in [0.2, 0.25) is 5.91 Å². The molecule has 0 radical (unpaired) electrons. The van der Waals surface area contributed by atoms with Crippen molar-refractivity contribution in [1.82, 2.24) is 5.32 Å². The summed E-state index contributed by atoms with van der Waals surface area (Å²) in [6.45, 7) is 4.37. The van der Waals surface area contributed by atoms with Crippen molar-refractivity contribution in [2.45, 2.75) is 64.5 Å². The molecule has 0 saturated carbocycles. The molecule has 4 heteroatoms. The fraction of sp³-hybridized carbons (Fsp3) is 0.917. The Kier molecular flexibility index (Phi) is 9.24. The van der Waals surface area contributed by atoms with Crippen molar-refractivity contribution in [3.05, 3.63) is 0 Å². The number of aliphatic hydroxyl groups excluding tert-OH is 1. The van der Waals surface area contributed by atoms with Crippen molar-refractivity contribution in [3.8, 4) is 0 Å². The monoisotopic (exact) mass is 230 g/mol. The number of carbonyl (C=O) groups is 1. The van der Waals surface area contributed by atoms with Crippen LogP contribution >= 0.6 is 0 Å². The molecular weight excluding hydrogens is 204 g/mol. The Morgan fingerprint density at radius 2 is 1.81 bits per heavy atom. The predicted octanol–water partition coefficient (Wildman–Crippen LogP) is 1.17. The Morgan fingerprint density at radius 3 is 2.38 bits per heavy atom. The molecule has 0 aromatic carbocycles. The summed E-state index contributed by atoms with van der Waals surface area (Å²) in [5.41, 5.74) is 5.48. The predicted molar refractivity (Wildman–Crippen MR) is 66.0 cm³/mol. The van der Waals surface area contributed by atoms with Gasteiger partial charge >= 0.3 is 0 Å². The minimum atomic E-state index is -0.805. The summed E-state index contributed by atoms with van der Waals surface area (Å²) in [4.78, 5) is 11.3. The Morgan fingerprint density at radius 1 is 1.25 bits per heavy atom. The first kappa shape index (κ1) is 15.4. The van der Waals surface area contributed by atoms with Crippen molar-refractivity contribution in [2.24, 2.45) is 5.73 Å². The maximum absolute atomic E-state index is 11.3. The molecule has 16 heavy (non-hydrogen) atoms. The van der Waals surface area contributed by atoms with E-state index in [-0.39, 0.29) is 5.91 Å². The van der Waals surface area contributed by atoms with Crippen LogP contribution in [0.15, 0.2) is 0 Å². The molecule has 4 N–H and O–H groups in total. The van der Waals surface area contributed by atoms with E-state index in [4.69, 9.17) is 10.8 Å². The molecule has 2 atom stereocenters. The second kappa shape index (κ2) is 9.60. The lowest BCUT2D eigenvalue weighted by Gasteiger charge is -2.14. The third kappa shape index (κ3) is 7.65. The van der Waals surface area contributed by atoms with Gasteiger partial charge in [0.25, 0.3) is 0 Å². The number of carbonyl (C=O) groups excluding carboxylic acids is 1. The highest BCUT2D eigenvalue weighted by Crippen LogP contribution is 2.04. The largest absolute Gasteiger partial charge is 0.391 e. The summed E-state index contributed by atoms with van der Waals surface area (Å²) in [6.07, 6.45) is 6.39. The molecule has 0 spiro atoms. The lowest BCUT2D eigenvalue weighted by atomic mass is 10.1. The van der Waals surface area contributed by atoms with Gasteiger partial charge < -0.3 is 16.2 Å². The van der Waals surface area contributed by atoms with Gasteiger partial charge in [-0.15, -0.1) is 0 Å². The Hall–Kier alpha value is -0.610. The van der Waals surface area contributed by atoms with E-state index in [0.29, 0.717) is 6.54 Å². The van der Waals surface area contributed by atoms with Crippen molar-refractivity contribution < 1.29 is 9.90 Å². The first-order valence-electron chi connectivity index (χ1n) is 6.31. The average molecular weight is 230 g/mol. The SMILES string of the molecule is CCCCCCCCNC(=O)C(N)C(C)O. The number of aliphatic hydroxyl groups is 1. The van der Waals surface area contributed by atoms with Gasteiger partial charge in [-0.3, -0.25) is 4.79 Å². The van der Waals surface area contributed by atoms with Crippen LogP contribution in [0.4, 0.5) is 0 Å². The van der Waals surface area contributed by atoms with Gasteiger partial charge in [0, 0.05) is 6.54 Å². The van der Waals surface area contributed by atoms with E-state index < -0.39 is 12.1 Å². The molecule has 4 nitrogen and oxygen atoms in total. The first-order valence-corrected chi connectivity index (χ1v) is 6.31. The van der Waals surface area contributed by atoms with Gasteiger partial charge in [-0.2, -0.15) is 0 Å². The first-order chi connectivity index (χ1) is 7.59. The van der Waals surface area contributed by atoms with Gasteiger partial charge in [0.05, 0.1) is 6.10 Å². The molecule has 0 aromatic heterocycles. The second-order valence-electron chi connectivity index (χ2n) is 4.33. The smallest absolute Gasteiger partial charge is 0.239 e. The average Bonchev–Trinajstić information content (AvgIpc) is 2.26. The third-order valence-electron chi connectivity index (χ3n) is 2.65. The zero-order valence-corrected chi connectivity index (χ0v) is 10.5. The Balaban J connectivity index is 3.34. The summed E-state index contributed by atoms with van der Waals surface area (Å²) in [7, 11) is 0. The van der Waals surface area contributed by atoms with E-state index in [9.17, 15) is 4.79 Å². The number of rotatable bonds is 9. The van der Waals surface area contributed by atoms with Crippen molar-refractivity contribution in [1.29, 1.82) is 0 Å². The highest BCUT2D eigenvalue weighted by atomic mass is 16.3. The van der Waals surface area contributed by atoms with Crippen LogP contribution in [0, 0.1) is 0 Å². The van der Waals surface area contributed by atoms with Gasteiger partial charge in [-0.25, -0.2) is 0 Å². The minimum Gasteiger partial charge on any atom is -0.391 e. The standard InChI is InChI=1S/C12H26N2O2/c1-3-4-5-6-7-8-9-14-12(16)11(13)10(2)15/h10-11,15H,3-9,13H2,1-2H3,(H,14,16). The summed E-state index contributed by atoms with van der Waals surface area (Å²) < 4.78 is 0. The molecule has 0 aliphatic rings. The van der Waals surface area contributed by atoms with Gasteiger partial charge in [0.1, 0.15) is 6.04 Å². The number of hydrogen-bond donors (Lipinski definition) is 3. The number of nitrogens with two attached hydrogens (primary N) is 1. The van der Waals surface area contributed by atoms with E-state index in [1.54, 1.807) is 0 Å². The molecule has 2 unspecified atom stereocenters. The maximum atomic E-state index is 11.3. The lowest BCUT2D eigenvalue weighted by molar-refractivity contribution is -0.124. The van der Waals surface area contributed by atoms with E-state index in [1.165, 1.54) is 32.6 Å². The molecule has 0 aliphatic carbocycles. The third-order valence-corrected chi connectivity index (χ3v) is 2.65. The van der Waals surface area contributed by atoms with E-state index in [0.717, 1.165) is 12.8 Å². The molecule has 0 fully saturated rings. The molecule has 0 aromatic rings. The zero-order valence-electron chi connectivity index (χ0n) is 10.5. The highest BCUT2D eigenvalue weighted by Gasteiger charge is 2.17. The number of amides is 1. The fourth-order valence-corrected chi connectivity index (χ4v) is 1.45. The number of hydrogen-bond acceptors (Lipinski definition) is 3. The summed E-state index contributed by atoms with van der Waals surface area (Å²) in [5, 5.41) is 11.8. The lowest BCUT2D eigenvalue weighted by Crippen LogP contribution is -2.47. The van der Waals surface area contributed by atoms with Crippen molar-refractivity contribution >= 4 is 5.91 Å². The molecule has 0 saturated heterocycles. The topological polar surface area (TPSA) is 75.4 Å². The molecular formula is C12H26N2O2. The summed E-state index contributed by atoms with van der Waals surface area (Å²) >= 11 is 0. The van der Waals surface area contributed by atoms with E-state index in [1.807, 2.05) is 0 Å². The Bertz CT molecular complexity index is 184. The van der Waals surface area contributed by atoms with Gasteiger partial charge in [0.15, 0.2) is 0 Å². The van der Waals surface area contributed by atoms with Crippen LogP contribution in [-0.4, -0.2) is 29.7 Å². The van der Waals surface area contributed by atoms with Crippen LogP contribution in [0.3, 0.4) is 0 Å². The normalized spacial score (nSPS) is 14.5. The zero-order chi connectivity index (χ0) is 12.4. The quantitative estimate of drug-likeness (QED) is 0.520. The van der Waals surface area contributed by atoms with E-state index >= 15 is 0 Å². The Labute approximate surface area is 98.6 Å². The van der Waals surface area contributed by atoms with Crippen LogP contribution in [0.2, 0.25) is 0 Å². The number of nitrogens with one attached hydrogen (secondary N) is 1. The van der Waals surface area contributed by atoms with Crippen LogP contribution in [0.1, 0.15) is 52.4 Å².